The van der Waals surface area contributed by atoms with Gasteiger partial charge in [0.15, 0.2) is 0 Å². The molecule has 100 heavy (non-hydrogen) atoms. The van der Waals surface area contributed by atoms with Gasteiger partial charge in [0.1, 0.15) is 0 Å². The second kappa shape index (κ2) is 44.3. The third kappa shape index (κ3) is 20.0. The van der Waals surface area contributed by atoms with E-state index in [-0.39, 0.29) is 0 Å². The summed E-state index contributed by atoms with van der Waals surface area (Å²) >= 11 is 0. The van der Waals surface area contributed by atoms with Crippen LogP contribution in [0.25, 0.3) is 0 Å². The van der Waals surface area contributed by atoms with Gasteiger partial charge in [-0.05, 0) is 0 Å². The van der Waals surface area contributed by atoms with Gasteiger partial charge in [-0.2, -0.15) is 0 Å². The zero-order chi connectivity index (χ0) is 72.5. The van der Waals surface area contributed by atoms with E-state index in [1.807, 2.05) is 0 Å². The summed E-state index contributed by atoms with van der Waals surface area (Å²) < 4.78 is 0. The molecule has 0 spiro atoms. The number of halogens is 4. The van der Waals surface area contributed by atoms with Gasteiger partial charge in [0.2, 0.25) is 0 Å². The fraction of sp³-hybridized carbons (Fsp3) is 0.600. The maximum absolute atomic E-state index is 12.0. The molecule has 0 aliphatic carbocycles. The van der Waals surface area contributed by atoms with Crippen molar-refractivity contribution in [3.8, 4) is 0 Å². The van der Waals surface area contributed by atoms with Crippen molar-refractivity contribution in [2.75, 3.05) is 37.0 Å². The van der Waals surface area contributed by atoms with E-state index in [2.05, 4.69) is 229 Å². The van der Waals surface area contributed by atoms with Gasteiger partial charge < -0.3 is 0 Å². The Morgan fingerprint density at radius 1 is 0.190 bits per heavy atom. The van der Waals surface area contributed by atoms with E-state index in [0.717, 1.165) is 37.0 Å². The van der Waals surface area contributed by atoms with E-state index in [1.54, 1.807) is 0 Å². The van der Waals surface area contributed by atoms with Gasteiger partial charge in [-0.25, -0.2) is 0 Å². The van der Waals surface area contributed by atoms with Crippen molar-refractivity contribution in [2.24, 2.45) is 0 Å². The average Bonchev–Trinajstić information content (AvgIpc) is 0.602. The fourth-order valence-electron chi connectivity index (χ4n) is 16.4. The van der Waals surface area contributed by atoms with E-state index in [1.165, 1.54) is 296 Å². The summed E-state index contributed by atoms with van der Waals surface area (Å²) in [4.78, 5) is 0. The van der Waals surface area contributed by atoms with Crippen LogP contribution in [0.1, 0.15) is 306 Å². The molecule has 0 unspecified atom stereocenters. The molecule has 6 aromatic rings. The predicted molar refractivity (Wildman–Crippen MR) is 471 cm³/mol. The third-order valence-corrected chi connectivity index (χ3v) is 421. The molecule has 0 heterocycles. The molecule has 0 N–H and O–H groups in total. The molecule has 0 aliphatic rings. The Bertz CT molecular complexity index is 2690. The van der Waals surface area contributed by atoms with Crippen LogP contribution < -0.4 is 31.8 Å². The summed E-state index contributed by atoms with van der Waals surface area (Å²) in [7, 11) is 34.3. The first-order chi connectivity index (χ1) is 48.2. The van der Waals surface area contributed by atoms with Crippen LogP contribution in [0.4, 0.5) is 0 Å². The van der Waals surface area contributed by atoms with Gasteiger partial charge in [0.25, 0.3) is 0 Å². The fourth-order valence-corrected chi connectivity index (χ4v) is 622. The van der Waals surface area contributed by atoms with Gasteiger partial charge in [0, 0.05) is 0 Å². The number of rotatable bonds is 53. The van der Waals surface area contributed by atoms with Crippen molar-refractivity contribution < 1.29 is 17.4 Å². The van der Waals surface area contributed by atoms with Crippen LogP contribution in [-0.2, 0) is 17.4 Å². The Labute approximate surface area is 632 Å². The molecule has 0 aromatic heterocycles. The average molecular weight is 1890 g/mol. The van der Waals surface area contributed by atoms with Crippen molar-refractivity contribution in [3.63, 3.8) is 0 Å². The van der Waals surface area contributed by atoms with Crippen molar-refractivity contribution in [3.05, 3.63) is 179 Å². The van der Waals surface area contributed by atoms with Crippen molar-refractivity contribution in [1.82, 2.24) is 0 Å². The first-order valence-electron chi connectivity index (χ1n) is 41.0. The summed E-state index contributed by atoms with van der Waals surface area (Å²) in [6.45, 7) is 28.1. The SMILES string of the molecule is CCCCCCCC[PH](CCCCCCCC)(CCCCCCCC)[Pt]([Cl])([Cl])([PH](CCCCCCCC)(CCCCCCCC)CCCCCCCC)[Pt]([Cl])([Cl])([PH](c1ccc(C)cc1)(c1ccc(C)cc1)c1ccc(C)cc1)[PH](c1ccc(C)cc1)(c1ccc(C)cc1)c1ccc(C)cc1. The number of benzene rings is 6. The molecule has 576 valence electrons. The molecular formula is C90H148Cl4P4Pt2. The Hall–Kier alpha value is -0.423. The summed E-state index contributed by atoms with van der Waals surface area (Å²) in [5.41, 5.74) is 7.53. The zero-order valence-electron chi connectivity index (χ0n) is 65.7. The Morgan fingerprint density at radius 2 is 0.320 bits per heavy atom. The first kappa shape index (κ1) is 88.5. The molecular weight excluding hydrogens is 1740 g/mol. The van der Waals surface area contributed by atoms with Gasteiger partial charge in [0.05, 0.1) is 0 Å². The molecule has 0 aliphatic heterocycles. The second-order valence-corrected chi connectivity index (χ2v) is 192. The third-order valence-electron chi connectivity index (χ3n) is 22.5. The topological polar surface area (TPSA) is 0 Å². The molecule has 0 fully saturated rings. The van der Waals surface area contributed by atoms with E-state index < -0.39 is 38.9 Å². The van der Waals surface area contributed by atoms with Crippen molar-refractivity contribution >= 4 is 90.9 Å². The zero-order valence-corrected chi connectivity index (χ0v) is 77.3. The number of hydrogen-bond acceptors (Lipinski definition) is 0. The number of hydrogen-bond donors (Lipinski definition) is 0. The Kier molecular flexibility index (Phi) is 39.2. The second-order valence-electron chi connectivity index (χ2n) is 30.8. The van der Waals surface area contributed by atoms with Crippen molar-refractivity contribution in [2.45, 2.75) is 314 Å². The van der Waals surface area contributed by atoms with Crippen LogP contribution in [0, 0.1) is 41.5 Å². The van der Waals surface area contributed by atoms with Crippen LogP contribution in [0.2, 0.25) is 0 Å². The van der Waals surface area contributed by atoms with E-state index >= 15 is 0 Å². The Balaban J connectivity index is 2.21. The van der Waals surface area contributed by atoms with Crippen LogP contribution >= 0.6 is 59.1 Å². The molecule has 0 amide bonds. The van der Waals surface area contributed by atoms with Crippen LogP contribution in [0.5, 0.6) is 0 Å². The molecule has 6 rings (SSSR count). The summed E-state index contributed by atoms with van der Waals surface area (Å²) in [6.07, 6.45) is 51.7. The van der Waals surface area contributed by atoms with E-state index in [9.17, 15) is 37.7 Å². The number of aryl methyl sites for hydroxylation is 6. The molecule has 0 saturated carbocycles. The quantitative estimate of drug-likeness (QED) is 0.0264. The normalized spacial score (nSPS) is 14.2. The summed E-state index contributed by atoms with van der Waals surface area (Å²) in [5.74, 6) is 0. The van der Waals surface area contributed by atoms with Crippen LogP contribution in [0.3, 0.4) is 0 Å². The monoisotopic (exact) mass is 1880 g/mol. The van der Waals surface area contributed by atoms with Gasteiger partial charge in [-0.1, -0.05) is 0 Å². The van der Waals surface area contributed by atoms with Gasteiger partial charge >= 0.3 is 639 Å². The van der Waals surface area contributed by atoms with E-state index in [0.29, 0.717) is 0 Å². The molecule has 10 heteroatoms. The van der Waals surface area contributed by atoms with Gasteiger partial charge in [-0.15, -0.1) is 0 Å². The first-order valence-corrected chi connectivity index (χ1v) is 81.0. The molecule has 0 atom stereocenters. The van der Waals surface area contributed by atoms with Crippen molar-refractivity contribution in [1.29, 1.82) is 0 Å². The van der Waals surface area contributed by atoms with Gasteiger partial charge in [-0.3, -0.25) is 0 Å². The molecule has 6 aromatic carbocycles. The summed E-state index contributed by atoms with van der Waals surface area (Å²) in [6, 6.07) is 60.7. The van der Waals surface area contributed by atoms with Crippen LogP contribution in [-0.4, -0.2) is 37.0 Å². The Morgan fingerprint density at radius 3 is 0.460 bits per heavy atom. The standard InChI is InChI=1S/2C24H51P.2C21H21P.4ClH.2Pt/c2*1-4-7-10-13-16-19-22-25(23-20-17-14-11-8-5-2)24-21-18-15-12-9-6-3;2*1-16-4-10-19(11-5-16)22(20-12-6-17(2)7-13-20)21-14-8-18(3)9-15-21;;;;;;/h2*4-24H2,1-3H3;2*4-15H,1-3H3;4*1H;;. The maximum atomic E-state index is 12.0. The van der Waals surface area contributed by atoms with E-state index in [4.69, 9.17) is 0 Å². The number of unbranched alkanes of at least 4 members (excludes halogenated alkanes) is 30. The summed E-state index contributed by atoms with van der Waals surface area (Å²) in [5, 5.41) is -7.22. The molecule has 0 saturated heterocycles. The molecule has 0 bridgehead atoms. The minimum atomic E-state index is -6.91. The minimum absolute atomic E-state index is 1.15. The molecule has 0 nitrogen and oxygen atoms in total. The molecule has 0 radical (unpaired) electrons. The van der Waals surface area contributed by atoms with Crippen LogP contribution in [0.15, 0.2) is 146 Å². The predicted octanol–water partition coefficient (Wildman–Crippen LogP) is 29.5.